The van der Waals surface area contributed by atoms with Gasteiger partial charge in [-0.2, -0.15) is 0 Å². The van der Waals surface area contributed by atoms with Crippen LogP contribution in [0.3, 0.4) is 0 Å². The van der Waals surface area contributed by atoms with Crippen LogP contribution in [0.15, 0.2) is 72.8 Å². The summed E-state index contributed by atoms with van der Waals surface area (Å²) in [6.07, 6.45) is 0. The summed E-state index contributed by atoms with van der Waals surface area (Å²) in [5.41, 5.74) is 3.60. The Morgan fingerprint density at radius 3 is 2.19 bits per heavy atom. The van der Waals surface area contributed by atoms with Gasteiger partial charge in [-0.3, -0.25) is 24.7 Å². The standard InChI is InChI=1S/C29H33FN4O3/c1-3-32(4-2)29(35)24-12-10-23(11-13-24)28(25-6-5-7-27(20-25)34(36)37)33-18-16-31(17-19-33)21-22-8-14-26(30)15-9-22/h5-15,20,28H,3-4,16-19,21H2,1-2H3/t28-/m0/s1. The molecule has 1 amide bonds. The lowest BCUT2D eigenvalue weighted by Crippen LogP contribution is -2.47. The van der Waals surface area contributed by atoms with Crippen LogP contribution in [0.2, 0.25) is 0 Å². The Balaban J connectivity index is 1.56. The fraction of sp³-hybridized carbons (Fsp3) is 0.345. The number of hydrogen-bond acceptors (Lipinski definition) is 5. The Labute approximate surface area is 217 Å². The first-order chi connectivity index (χ1) is 17.9. The second-order valence-electron chi connectivity index (χ2n) is 9.29. The second kappa shape index (κ2) is 12.1. The van der Waals surface area contributed by atoms with Crippen molar-refractivity contribution in [3.63, 3.8) is 0 Å². The molecule has 0 aromatic heterocycles. The zero-order chi connectivity index (χ0) is 26.4. The Hall–Kier alpha value is -3.62. The second-order valence-corrected chi connectivity index (χ2v) is 9.29. The number of amides is 1. The number of nitrogens with zero attached hydrogens (tertiary/aromatic N) is 4. The van der Waals surface area contributed by atoms with Gasteiger partial charge in [0.05, 0.1) is 11.0 Å². The fourth-order valence-corrected chi connectivity index (χ4v) is 4.95. The number of nitro groups is 1. The molecule has 4 rings (SSSR count). The maximum atomic E-state index is 13.3. The zero-order valence-corrected chi connectivity index (χ0v) is 21.3. The molecule has 1 saturated heterocycles. The smallest absolute Gasteiger partial charge is 0.269 e. The van der Waals surface area contributed by atoms with Crippen LogP contribution in [0.1, 0.15) is 46.9 Å². The van der Waals surface area contributed by atoms with Crippen LogP contribution in [-0.4, -0.2) is 64.8 Å². The van der Waals surface area contributed by atoms with E-state index in [0.29, 0.717) is 18.7 Å². The number of hydrogen-bond donors (Lipinski definition) is 0. The zero-order valence-electron chi connectivity index (χ0n) is 21.3. The summed E-state index contributed by atoms with van der Waals surface area (Å²) in [6.45, 7) is 9.16. The maximum absolute atomic E-state index is 13.3. The van der Waals surface area contributed by atoms with Crippen molar-refractivity contribution in [2.75, 3.05) is 39.3 Å². The molecule has 1 aliphatic rings. The average Bonchev–Trinajstić information content (AvgIpc) is 2.92. The first-order valence-corrected chi connectivity index (χ1v) is 12.7. The summed E-state index contributed by atoms with van der Waals surface area (Å²) in [4.78, 5) is 30.4. The van der Waals surface area contributed by atoms with Crippen LogP contribution in [0.5, 0.6) is 0 Å². The third-order valence-electron chi connectivity index (χ3n) is 7.01. The molecule has 0 aliphatic carbocycles. The fourth-order valence-electron chi connectivity index (χ4n) is 4.95. The Morgan fingerprint density at radius 2 is 1.59 bits per heavy atom. The summed E-state index contributed by atoms with van der Waals surface area (Å²) >= 11 is 0. The highest BCUT2D eigenvalue weighted by Gasteiger charge is 2.28. The van der Waals surface area contributed by atoms with Crippen molar-refractivity contribution in [1.29, 1.82) is 0 Å². The van der Waals surface area contributed by atoms with Crippen molar-refractivity contribution in [3.8, 4) is 0 Å². The van der Waals surface area contributed by atoms with Crippen LogP contribution >= 0.6 is 0 Å². The predicted octanol–water partition coefficient (Wildman–Crippen LogP) is 5.12. The number of non-ortho nitro benzene ring substituents is 1. The van der Waals surface area contributed by atoms with E-state index in [-0.39, 0.29) is 28.4 Å². The predicted molar refractivity (Wildman–Crippen MR) is 142 cm³/mol. The molecule has 8 heteroatoms. The quantitative estimate of drug-likeness (QED) is 0.299. The van der Waals surface area contributed by atoms with Crippen LogP contribution in [0.4, 0.5) is 10.1 Å². The maximum Gasteiger partial charge on any atom is 0.269 e. The highest BCUT2D eigenvalue weighted by atomic mass is 19.1. The topological polar surface area (TPSA) is 69.9 Å². The highest BCUT2D eigenvalue weighted by Crippen LogP contribution is 2.32. The van der Waals surface area contributed by atoms with Crippen LogP contribution in [-0.2, 0) is 6.54 Å². The van der Waals surface area contributed by atoms with Crippen LogP contribution in [0, 0.1) is 15.9 Å². The number of carbonyl (C=O) groups excluding carboxylic acids is 1. The SMILES string of the molecule is CCN(CC)C(=O)c1ccc([C@@H](c2cccc([N+](=O)[O-])c2)N2CCN(Cc3ccc(F)cc3)CC2)cc1. The molecule has 7 nitrogen and oxygen atoms in total. The highest BCUT2D eigenvalue weighted by molar-refractivity contribution is 5.94. The summed E-state index contributed by atoms with van der Waals surface area (Å²) in [7, 11) is 0. The van der Waals surface area contributed by atoms with E-state index in [1.54, 1.807) is 17.0 Å². The number of benzene rings is 3. The lowest BCUT2D eigenvalue weighted by Gasteiger charge is -2.39. The molecule has 1 fully saturated rings. The Morgan fingerprint density at radius 1 is 0.946 bits per heavy atom. The van der Waals surface area contributed by atoms with Gasteiger partial charge in [0.2, 0.25) is 0 Å². The first-order valence-electron chi connectivity index (χ1n) is 12.7. The summed E-state index contributed by atoms with van der Waals surface area (Å²) in [5.74, 6) is -0.240. The third kappa shape index (κ3) is 6.39. The van der Waals surface area contributed by atoms with Crippen molar-refractivity contribution in [2.24, 2.45) is 0 Å². The minimum Gasteiger partial charge on any atom is -0.339 e. The van der Waals surface area contributed by atoms with Crippen LogP contribution < -0.4 is 0 Å². The molecule has 1 atom stereocenters. The van der Waals surface area contributed by atoms with E-state index >= 15 is 0 Å². The molecular weight excluding hydrogens is 471 g/mol. The molecule has 0 N–H and O–H groups in total. The van der Waals surface area contributed by atoms with E-state index in [1.165, 1.54) is 18.2 Å². The van der Waals surface area contributed by atoms with Crippen LogP contribution in [0.25, 0.3) is 0 Å². The van der Waals surface area contributed by atoms with Crippen molar-refractivity contribution in [1.82, 2.24) is 14.7 Å². The molecule has 0 saturated carbocycles. The van der Waals surface area contributed by atoms with Crippen molar-refractivity contribution in [2.45, 2.75) is 26.4 Å². The number of piperazine rings is 1. The van der Waals surface area contributed by atoms with Gasteiger partial charge in [-0.05, 0) is 54.8 Å². The third-order valence-corrected chi connectivity index (χ3v) is 7.01. The summed E-state index contributed by atoms with van der Waals surface area (Å²) in [6, 6.07) is 20.9. The normalized spacial score (nSPS) is 15.3. The first kappa shape index (κ1) is 26.4. The molecule has 1 heterocycles. The minimum atomic E-state index is -0.368. The summed E-state index contributed by atoms with van der Waals surface area (Å²) in [5, 5.41) is 11.5. The molecule has 0 spiro atoms. The monoisotopic (exact) mass is 504 g/mol. The van der Waals surface area contributed by atoms with Gasteiger partial charge in [-0.1, -0.05) is 36.4 Å². The van der Waals surface area contributed by atoms with Gasteiger partial charge >= 0.3 is 0 Å². The molecule has 3 aromatic rings. The molecule has 37 heavy (non-hydrogen) atoms. The van der Waals surface area contributed by atoms with Crippen molar-refractivity contribution >= 4 is 11.6 Å². The number of carbonyl (C=O) groups is 1. The van der Waals surface area contributed by atoms with Gasteiger partial charge in [0.15, 0.2) is 0 Å². The lowest BCUT2D eigenvalue weighted by molar-refractivity contribution is -0.384. The molecule has 0 bridgehead atoms. The molecule has 3 aromatic carbocycles. The number of halogens is 1. The number of nitro benzene ring substituents is 1. The molecular formula is C29H33FN4O3. The average molecular weight is 505 g/mol. The van der Waals surface area contributed by atoms with Gasteiger partial charge in [0, 0.05) is 63.5 Å². The largest absolute Gasteiger partial charge is 0.339 e. The van der Waals surface area contributed by atoms with Gasteiger partial charge < -0.3 is 4.90 Å². The minimum absolute atomic E-state index is 0.00198. The van der Waals surface area contributed by atoms with Gasteiger partial charge in [0.25, 0.3) is 11.6 Å². The van der Waals surface area contributed by atoms with Gasteiger partial charge in [0.1, 0.15) is 5.82 Å². The molecule has 0 radical (unpaired) electrons. The van der Waals surface area contributed by atoms with Gasteiger partial charge in [-0.15, -0.1) is 0 Å². The number of rotatable bonds is 9. The Kier molecular flexibility index (Phi) is 8.63. The van der Waals surface area contributed by atoms with E-state index in [4.69, 9.17) is 0 Å². The van der Waals surface area contributed by atoms with E-state index < -0.39 is 0 Å². The summed E-state index contributed by atoms with van der Waals surface area (Å²) < 4.78 is 13.3. The van der Waals surface area contributed by atoms with E-state index in [1.807, 2.05) is 56.3 Å². The van der Waals surface area contributed by atoms with E-state index in [9.17, 15) is 19.3 Å². The molecule has 0 unspecified atom stereocenters. The van der Waals surface area contributed by atoms with Crippen molar-refractivity contribution in [3.05, 3.63) is 111 Å². The molecule has 194 valence electrons. The van der Waals surface area contributed by atoms with E-state index in [2.05, 4.69) is 9.80 Å². The van der Waals surface area contributed by atoms with Gasteiger partial charge in [-0.25, -0.2) is 4.39 Å². The Bertz CT molecular complexity index is 1200. The van der Waals surface area contributed by atoms with E-state index in [0.717, 1.165) is 49.4 Å². The lowest BCUT2D eigenvalue weighted by atomic mass is 9.95. The molecule has 1 aliphatic heterocycles. The van der Waals surface area contributed by atoms with Crippen molar-refractivity contribution < 1.29 is 14.1 Å².